The highest BCUT2D eigenvalue weighted by atomic mass is 79.9. The van der Waals surface area contributed by atoms with Crippen molar-refractivity contribution in [2.24, 2.45) is 0 Å². The van der Waals surface area contributed by atoms with Crippen molar-refractivity contribution in [3.8, 4) is 5.75 Å². The van der Waals surface area contributed by atoms with E-state index >= 15 is 0 Å². The Morgan fingerprint density at radius 3 is 3.08 bits per heavy atom. The lowest BCUT2D eigenvalue weighted by Gasteiger charge is -1.97. The van der Waals surface area contributed by atoms with Gasteiger partial charge in [-0.2, -0.15) is 5.10 Å². The summed E-state index contributed by atoms with van der Waals surface area (Å²) < 4.78 is 2.34. The standard InChI is InChI=1S/C8H7BrN2O/c1-5-4-7-8(12)6(9)2-3-11(7)10-5/h2-4,12H,1H3. The highest BCUT2D eigenvalue weighted by molar-refractivity contribution is 9.10. The van der Waals surface area contributed by atoms with Crippen LogP contribution in [0.2, 0.25) is 0 Å². The Hall–Kier alpha value is -1.03. The summed E-state index contributed by atoms with van der Waals surface area (Å²) in [7, 11) is 0. The molecule has 0 unspecified atom stereocenters. The van der Waals surface area contributed by atoms with Crippen molar-refractivity contribution in [1.29, 1.82) is 0 Å². The van der Waals surface area contributed by atoms with Crippen LogP contribution >= 0.6 is 15.9 Å². The van der Waals surface area contributed by atoms with Crippen LogP contribution in [0.4, 0.5) is 0 Å². The molecule has 2 rings (SSSR count). The summed E-state index contributed by atoms with van der Waals surface area (Å²) in [5.41, 5.74) is 1.62. The molecule has 12 heavy (non-hydrogen) atoms. The molecule has 0 aliphatic carbocycles. The van der Waals surface area contributed by atoms with E-state index in [1.165, 1.54) is 0 Å². The Balaban J connectivity index is 2.89. The van der Waals surface area contributed by atoms with E-state index < -0.39 is 0 Å². The zero-order chi connectivity index (χ0) is 8.72. The summed E-state index contributed by atoms with van der Waals surface area (Å²) >= 11 is 3.23. The lowest BCUT2D eigenvalue weighted by atomic mass is 10.3. The van der Waals surface area contributed by atoms with Gasteiger partial charge in [0.25, 0.3) is 0 Å². The Morgan fingerprint density at radius 1 is 1.58 bits per heavy atom. The number of halogens is 1. The third-order valence-corrected chi connectivity index (χ3v) is 2.33. The van der Waals surface area contributed by atoms with Gasteiger partial charge in [-0.1, -0.05) is 0 Å². The molecule has 0 spiro atoms. The predicted octanol–water partition coefficient (Wildman–Crippen LogP) is 2.11. The first kappa shape index (κ1) is 7.61. The van der Waals surface area contributed by atoms with Crippen LogP contribution in [0, 0.1) is 6.92 Å². The molecule has 0 radical (unpaired) electrons. The smallest absolute Gasteiger partial charge is 0.155 e. The van der Waals surface area contributed by atoms with Crippen LogP contribution in [0.15, 0.2) is 22.8 Å². The highest BCUT2D eigenvalue weighted by Gasteiger charge is 2.05. The van der Waals surface area contributed by atoms with Crippen molar-refractivity contribution in [3.05, 3.63) is 28.5 Å². The lowest BCUT2D eigenvalue weighted by Crippen LogP contribution is -1.86. The van der Waals surface area contributed by atoms with E-state index in [2.05, 4.69) is 21.0 Å². The number of aromatic hydroxyl groups is 1. The minimum Gasteiger partial charge on any atom is -0.505 e. The van der Waals surface area contributed by atoms with E-state index in [1.54, 1.807) is 16.8 Å². The Kier molecular flexibility index (Phi) is 1.58. The van der Waals surface area contributed by atoms with Crippen LogP contribution in [0.5, 0.6) is 5.75 Å². The van der Waals surface area contributed by atoms with Gasteiger partial charge in [-0.05, 0) is 35.0 Å². The Morgan fingerprint density at radius 2 is 2.33 bits per heavy atom. The fourth-order valence-corrected chi connectivity index (χ4v) is 1.47. The molecule has 62 valence electrons. The molecular formula is C8H7BrN2O. The first-order valence-corrected chi connectivity index (χ1v) is 4.31. The maximum absolute atomic E-state index is 9.56. The topological polar surface area (TPSA) is 37.5 Å². The first-order valence-electron chi connectivity index (χ1n) is 3.52. The van der Waals surface area contributed by atoms with E-state index in [-0.39, 0.29) is 5.75 Å². The number of fused-ring (bicyclic) bond motifs is 1. The summed E-state index contributed by atoms with van der Waals surface area (Å²) in [5, 5.41) is 13.7. The number of aromatic nitrogens is 2. The van der Waals surface area contributed by atoms with Gasteiger partial charge in [0.2, 0.25) is 0 Å². The Bertz CT molecular complexity index is 436. The van der Waals surface area contributed by atoms with Crippen molar-refractivity contribution < 1.29 is 5.11 Å². The van der Waals surface area contributed by atoms with Crippen LogP contribution in [0.25, 0.3) is 5.52 Å². The largest absolute Gasteiger partial charge is 0.505 e. The van der Waals surface area contributed by atoms with Crippen LogP contribution < -0.4 is 0 Å². The molecule has 0 atom stereocenters. The number of aryl methyl sites for hydroxylation is 1. The molecule has 0 amide bonds. The summed E-state index contributed by atoms with van der Waals surface area (Å²) in [4.78, 5) is 0. The number of hydrogen-bond donors (Lipinski definition) is 1. The SMILES string of the molecule is Cc1cc2c(O)c(Br)ccn2n1. The van der Waals surface area contributed by atoms with E-state index in [1.807, 2.05) is 13.0 Å². The summed E-state index contributed by atoms with van der Waals surface area (Å²) in [6, 6.07) is 3.59. The molecule has 4 heteroatoms. The zero-order valence-electron chi connectivity index (χ0n) is 6.45. The summed E-state index contributed by atoms with van der Waals surface area (Å²) in [6.45, 7) is 1.89. The molecular weight excluding hydrogens is 220 g/mol. The number of rotatable bonds is 0. The van der Waals surface area contributed by atoms with E-state index in [0.717, 1.165) is 11.2 Å². The average molecular weight is 227 g/mol. The summed E-state index contributed by atoms with van der Waals surface area (Å²) in [6.07, 6.45) is 1.80. The average Bonchev–Trinajstić information content (AvgIpc) is 2.39. The second-order valence-corrected chi connectivity index (χ2v) is 3.48. The van der Waals surface area contributed by atoms with Gasteiger partial charge >= 0.3 is 0 Å². The molecule has 2 aromatic heterocycles. The zero-order valence-corrected chi connectivity index (χ0v) is 8.04. The molecule has 0 bridgehead atoms. The predicted molar refractivity (Wildman–Crippen MR) is 49.3 cm³/mol. The maximum atomic E-state index is 9.56. The van der Waals surface area contributed by atoms with E-state index in [9.17, 15) is 5.11 Å². The molecule has 0 fully saturated rings. The molecule has 0 saturated carbocycles. The highest BCUT2D eigenvalue weighted by Crippen LogP contribution is 2.28. The van der Waals surface area contributed by atoms with Gasteiger partial charge in [0.1, 0.15) is 5.52 Å². The number of pyridine rings is 1. The van der Waals surface area contributed by atoms with Gasteiger partial charge in [-0.25, -0.2) is 4.52 Å². The molecule has 1 N–H and O–H groups in total. The van der Waals surface area contributed by atoms with Crippen molar-refractivity contribution in [2.75, 3.05) is 0 Å². The summed E-state index contributed by atoms with van der Waals surface area (Å²) in [5.74, 6) is 0.234. The molecule has 3 nitrogen and oxygen atoms in total. The second kappa shape index (κ2) is 2.48. The fourth-order valence-electron chi connectivity index (χ4n) is 1.14. The van der Waals surface area contributed by atoms with Gasteiger partial charge in [0, 0.05) is 6.20 Å². The van der Waals surface area contributed by atoms with Crippen LogP contribution in [0.1, 0.15) is 5.69 Å². The number of nitrogens with zero attached hydrogens (tertiary/aromatic N) is 2. The molecule has 2 heterocycles. The van der Waals surface area contributed by atoms with Gasteiger partial charge in [0.05, 0.1) is 10.2 Å². The van der Waals surface area contributed by atoms with Crippen LogP contribution in [-0.2, 0) is 0 Å². The fraction of sp³-hybridized carbons (Fsp3) is 0.125. The molecule has 0 aliphatic heterocycles. The van der Waals surface area contributed by atoms with Gasteiger partial charge in [0.15, 0.2) is 5.75 Å². The van der Waals surface area contributed by atoms with Crippen LogP contribution in [-0.4, -0.2) is 14.7 Å². The first-order chi connectivity index (χ1) is 5.68. The minimum atomic E-state index is 0.234. The van der Waals surface area contributed by atoms with Gasteiger partial charge in [-0.3, -0.25) is 0 Å². The minimum absolute atomic E-state index is 0.234. The normalized spacial score (nSPS) is 10.8. The molecule has 0 saturated heterocycles. The number of hydrogen-bond acceptors (Lipinski definition) is 2. The third kappa shape index (κ3) is 0.992. The van der Waals surface area contributed by atoms with Crippen molar-refractivity contribution in [1.82, 2.24) is 9.61 Å². The van der Waals surface area contributed by atoms with Crippen molar-refractivity contribution in [3.63, 3.8) is 0 Å². The third-order valence-electron chi connectivity index (χ3n) is 1.69. The monoisotopic (exact) mass is 226 g/mol. The van der Waals surface area contributed by atoms with E-state index in [4.69, 9.17) is 0 Å². The van der Waals surface area contributed by atoms with Crippen molar-refractivity contribution >= 4 is 21.4 Å². The quantitative estimate of drug-likeness (QED) is 0.748. The lowest BCUT2D eigenvalue weighted by molar-refractivity contribution is 0.475. The molecule has 0 aromatic carbocycles. The van der Waals surface area contributed by atoms with Gasteiger partial charge < -0.3 is 5.11 Å². The van der Waals surface area contributed by atoms with Crippen molar-refractivity contribution in [2.45, 2.75) is 6.92 Å². The van der Waals surface area contributed by atoms with E-state index in [0.29, 0.717) is 4.47 Å². The van der Waals surface area contributed by atoms with Crippen LogP contribution in [0.3, 0.4) is 0 Å². The second-order valence-electron chi connectivity index (χ2n) is 2.63. The van der Waals surface area contributed by atoms with Gasteiger partial charge in [-0.15, -0.1) is 0 Å². The molecule has 2 aromatic rings. The molecule has 0 aliphatic rings. The maximum Gasteiger partial charge on any atom is 0.155 e. The Labute approximate surface area is 77.8 Å².